The lowest BCUT2D eigenvalue weighted by Gasteiger charge is -2.13. The number of nitrogens with zero attached hydrogens (tertiary/aromatic N) is 2. The van der Waals surface area contributed by atoms with Crippen molar-refractivity contribution in [3.05, 3.63) is 90.1 Å². The minimum Gasteiger partial charge on any atom is -0.490 e. The molecule has 0 bridgehead atoms. The Labute approximate surface area is 203 Å². The first-order chi connectivity index (χ1) is 16.6. The van der Waals surface area contributed by atoms with Crippen LogP contribution in [0, 0.1) is 6.92 Å². The van der Waals surface area contributed by atoms with Gasteiger partial charge in [-0.3, -0.25) is 0 Å². The SMILES string of the molecule is CCOc1ccc(C(=O)Oc2c(Sc3ccccc3)c(C)nn2-c2ccccc2)cc1OCC. The first-order valence-corrected chi connectivity index (χ1v) is 11.9. The predicted molar refractivity (Wildman–Crippen MR) is 133 cm³/mol. The minimum absolute atomic E-state index is 0.362. The number of hydrogen-bond acceptors (Lipinski definition) is 6. The number of para-hydroxylation sites is 1. The molecule has 0 aliphatic rings. The smallest absolute Gasteiger partial charge is 0.345 e. The molecule has 0 amide bonds. The van der Waals surface area contributed by atoms with Gasteiger partial charge in [0.15, 0.2) is 11.5 Å². The van der Waals surface area contributed by atoms with Crippen molar-refractivity contribution in [1.82, 2.24) is 9.78 Å². The van der Waals surface area contributed by atoms with Gasteiger partial charge in [-0.2, -0.15) is 9.78 Å². The maximum absolute atomic E-state index is 13.3. The van der Waals surface area contributed by atoms with Crippen LogP contribution in [0.1, 0.15) is 29.9 Å². The third-order valence-corrected chi connectivity index (χ3v) is 6.08. The van der Waals surface area contributed by atoms with Crippen molar-refractivity contribution in [2.24, 2.45) is 0 Å². The highest BCUT2D eigenvalue weighted by molar-refractivity contribution is 7.99. The van der Waals surface area contributed by atoms with Gasteiger partial charge >= 0.3 is 5.97 Å². The predicted octanol–water partition coefficient (Wildman–Crippen LogP) is 6.35. The normalized spacial score (nSPS) is 10.7. The quantitative estimate of drug-likeness (QED) is 0.264. The van der Waals surface area contributed by atoms with E-state index in [1.807, 2.05) is 81.4 Å². The number of aryl methyl sites for hydroxylation is 1. The van der Waals surface area contributed by atoms with Gasteiger partial charge in [-0.1, -0.05) is 48.2 Å². The number of benzene rings is 3. The fourth-order valence-corrected chi connectivity index (χ4v) is 4.31. The summed E-state index contributed by atoms with van der Waals surface area (Å²) in [4.78, 5) is 15.1. The zero-order chi connectivity index (χ0) is 23.9. The Kier molecular flexibility index (Phi) is 7.54. The van der Waals surface area contributed by atoms with Crippen LogP contribution in [-0.4, -0.2) is 29.0 Å². The zero-order valence-electron chi connectivity index (χ0n) is 19.4. The average molecular weight is 475 g/mol. The maximum Gasteiger partial charge on any atom is 0.345 e. The maximum atomic E-state index is 13.3. The Bertz CT molecular complexity index is 1260. The number of carbonyl (C=O) groups excluding carboxylic acids is 1. The van der Waals surface area contributed by atoms with Gasteiger partial charge in [-0.15, -0.1) is 0 Å². The highest BCUT2D eigenvalue weighted by Gasteiger charge is 2.23. The molecule has 6 nitrogen and oxygen atoms in total. The van der Waals surface area contributed by atoms with Gasteiger partial charge in [0.05, 0.1) is 35.1 Å². The number of rotatable bonds is 9. The number of esters is 1. The molecule has 4 aromatic rings. The van der Waals surface area contributed by atoms with E-state index in [1.54, 1.807) is 22.9 Å². The van der Waals surface area contributed by atoms with Crippen LogP contribution in [0.2, 0.25) is 0 Å². The lowest BCUT2D eigenvalue weighted by molar-refractivity contribution is 0.0718. The van der Waals surface area contributed by atoms with Gasteiger partial charge in [0, 0.05) is 4.90 Å². The van der Waals surface area contributed by atoms with Crippen LogP contribution in [0.4, 0.5) is 0 Å². The highest BCUT2D eigenvalue weighted by Crippen LogP contribution is 2.39. The van der Waals surface area contributed by atoms with Gasteiger partial charge in [0.1, 0.15) is 0 Å². The van der Waals surface area contributed by atoms with Gasteiger partial charge in [0.25, 0.3) is 0 Å². The summed E-state index contributed by atoms with van der Waals surface area (Å²) >= 11 is 1.51. The average Bonchev–Trinajstić information content (AvgIpc) is 3.16. The molecule has 0 aliphatic carbocycles. The molecule has 0 N–H and O–H groups in total. The third kappa shape index (κ3) is 5.26. The second-order valence-corrected chi connectivity index (χ2v) is 8.38. The molecular weight excluding hydrogens is 448 g/mol. The van der Waals surface area contributed by atoms with Gasteiger partial charge in [-0.25, -0.2) is 4.79 Å². The molecule has 7 heteroatoms. The molecule has 0 saturated carbocycles. The zero-order valence-corrected chi connectivity index (χ0v) is 20.2. The molecule has 174 valence electrons. The van der Waals surface area contributed by atoms with Crippen molar-refractivity contribution in [3.8, 4) is 23.1 Å². The Hall–Kier alpha value is -3.71. The molecule has 0 fully saturated rings. The molecule has 1 heterocycles. The number of carbonyl (C=O) groups is 1. The van der Waals surface area contributed by atoms with Gasteiger partial charge < -0.3 is 14.2 Å². The summed E-state index contributed by atoms with van der Waals surface area (Å²) in [6.07, 6.45) is 0. The van der Waals surface area contributed by atoms with Crippen LogP contribution in [-0.2, 0) is 0 Å². The van der Waals surface area contributed by atoms with Crippen LogP contribution in [0.5, 0.6) is 17.4 Å². The van der Waals surface area contributed by atoms with E-state index in [0.29, 0.717) is 36.2 Å². The Morgan fingerprint density at radius 1 is 0.882 bits per heavy atom. The van der Waals surface area contributed by atoms with Crippen molar-refractivity contribution in [3.63, 3.8) is 0 Å². The summed E-state index contributed by atoms with van der Waals surface area (Å²) in [5.41, 5.74) is 1.93. The molecular formula is C27H26N2O4S. The molecule has 0 atom stereocenters. The Balaban J connectivity index is 1.72. The third-order valence-electron chi connectivity index (χ3n) is 4.90. The highest BCUT2D eigenvalue weighted by atomic mass is 32.2. The molecule has 0 saturated heterocycles. The van der Waals surface area contributed by atoms with Crippen molar-refractivity contribution in [2.75, 3.05) is 13.2 Å². The number of aromatic nitrogens is 2. The van der Waals surface area contributed by atoms with Crippen LogP contribution >= 0.6 is 11.8 Å². The largest absolute Gasteiger partial charge is 0.490 e. The number of ether oxygens (including phenoxy) is 3. The second kappa shape index (κ2) is 10.9. The summed E-state index contributed by atoms with van der Waals surface area (Å²) in [6, 6.07) is 24.6. The number of hydrogen-bond donors (Lipinski definition) is 0. The van der Waals surface area contributed by atoms with Gasteiger partial charge in [-0.05, 0) is 63.2 Å². The van der Waals surface area contributed by atoms with Crippen LogP contribution in [0.3, 0.4) is 0 Å². The summed E-state index contributed by atoms with van der Waals surface area (Å²) < 4.78 is 18.9. The standard InChI is InChI=1S/C27H26N2O4S/c1-4-31-23-17-16-20(18-24(23)32-5-2)27(30)33-26-25(34-22-14-10-7-11-15-22)19(3)28-29(26)21-12-8-6-9-13-21/h6-18H,4-5H2,1-3H3. The summed E-state index contributed by atoms with van der Waals surface area (Å²) in [7, 11) is 0. The molecule has 4 rings (SSSR count). The first kappa shape index (κ1) is 23.4. The molecule has 0 radical (unpaired) electrons. The van der Waals surface area contributed by atoms with Crippen molar-refractivity contribution in [2.45, 2.75) is 30.6 Å². The van der Waals surface area contributed by atoms with Crippen molar-refractivity contribution in [1.29, 1.82) is 0 Å². The minimum atomic E-state index is -0.504. The Morgan fingerprint density at radius 2 is 1.53 bits per heavy atom. The topological polar surface area (TPSA) is 62.6 Å². The van der Waals surface area contributed by atoms with E-state index in [1.165, 1.54) is 11.8 Å². The summed E-state index contributed by atoms with van der Waals surface area (Å²) in [6.45, 7) is 6.65. The van der Waals surface area contributed by atoms with E-state index in [9.17, 15) is 4.79 Å². The molecule has 0 unspecified atom stereocenters. The van der Waals surface area contributed by atoms with Gasteiger partial charge in [0.2, 0.25) is 5.88 Å². The van der Waals surface area contributed by atoms with E-state index < -0.39 is 5.97 Å². The van der Waals surface area contributed by atoms with Crippen molar-refractivity contribution >= 4 is 17.7 Å². The lowest BCUT2D eigenvalue weighted by Crippen LogP contribution is -2.13. The fourth-order valence-electron chi connectivity index (χ4n) is 3.37. The van der Waals surface area contributed by atoms with E-state index in [0.717, 1.165) is 21.2 Å². The Morgan fingerprint density at radius 3 is 2.21 bits per heavy atom. The fraction of sp³-hybridized carbons (Fsp3) is 0.185. The summed E-state index contributed by atoms with van der Waals surface area (Å²) in [5, 5.41) is 4.68. The molecule has 34 heavy (non-hydrogen) atoms. The molecule has 0 spiro atoms. The van der Waals surface area contributed by atoms with Crippen LogP contribution in [0.15, 0.2) is 88.7 Å². The van der Waals surface area contributed by atoms with Crippen LogP contribution in [0.25, 0.3) is 5.69 Å². The van der Waals surface area contributed by atoms with E-state index in [-0.39, 0.29) is 0 Å². The monoisotopic (exact) mass is 474 g/mol. The molecule has 1 aromatic heterocycles. The van der Waals surface area contributed by atoms with Crippen LogP contribution < -0.4 is 14.2 Å². The van der Waals surface area contributed by atoms with E-state index in [2.05, 4.69) is 5.10 Å². The first-order valence-electron chi connectivity index (χ1n) is 11.1. The van der Waals surface area contributed by atoms with E-state index >= 15 is 0 Å². The van der Waals surface area contributed by atoms with Crippen molar-refractivity contribution < 1.29 is 19.0 Å². The second-order valence-electron chi connectivity index (χ2n) is 7.30. The lowest BCUT2D eigenvalue weighted by atomic mass is 10.2. The summed E-state index contributed by atoms with van der Waals surface area (Å²) in [5.74, 6) is 0.960. The molecule has 3 aromatic carbocycles. The van der Waals surface area contributed by atoms with E-state index in [4.69, 9.17) is 14.2 Å². The molecule has 0 aliphatic heterocycles.